The normalized spacial score (nSPS) is 11.6. The summed E-state index contributed by atoms with van der Waals surface area (Å²) in [4.78, 5) is 7.62. The lowest BCUT2D eigenvalue weighted by Gasteiger charge is -2.11. The van der Waals surface area contributed by atoms with Gasteiger partial charge in [0.2, 0.25) is 0 Å². The smallest absolute Gasteiger partial charge is 0.369 e. The molecular weight excluding hydrogens is 243 g/mol. The van der Waals surface area contributed by atoms with Gasteiger partial charge in [0.15, 0.2) is 0 Å². The van der Waals surface area contributed by atoms with E-state index in [4.69, 9.17) is 11.6 Å². The Bertz CT molecular complexity index is 354. The van der Waals surface area contributed by atoms with Crippen molar-refractivity contribution in [2.45, 2.75) is 25.9 Å². The van der Waals surface area contributed by atoms with Crippen molar-refractivity contribution in [1.29, 1.82) is 0 Å². The van der Waals surface area contributed by atoms with E-state index in [1.165, 1.54) is 6.33 Å². The zero-order valence-corrected chi connectivity index (χ0v) is 9.36. The maximum Gasteiger partial charge on any atom is 0.390 e. The Hall–Kier alpha value is -1.04. The van der Waals surface area contributed by atoms with Gasteiger partial charge in [-0.05, 0) is 6.42 Å². The van der Waals surface area contributed by atoms with Crippen molar-refractivity contribution in [3.05, 3.63) is 17.0 Å². The third-order valence-corrected chi connectivity index (χ3v) is 2.27. The molecule has 3 nitrogen and oxygen atoms in total. The maximum atomic E-state index is 11.9. The number of nitrogens with one attached hydrogen (secondary N) is 1. The van der Waals surface area contributed by atoms with Crippen LogP contribution in [0.4, 0.5) is 19.0 Å². The number of hydrogen-bond donors (Lipinski definition) is 1. The molecule has 0 saturated carbocycles. The molecule has 0 aliphatic heterocycles. The van der Waals surface area contributed by atoms with Crippen molar-refractivity contribution in [3.63, 3.8) is 0 Å². The van der Waals surface area contributed by atoms with Gasteiger partial charge in [0.05, 0.1) is 6.42 Å². The van der Waals surface area contributed by atoms with Crippen LogP contribution in [0.3, 0.4) is 0 Å². The molecule has 0 spiro atoms. The molecule has 0 aliphatic carbocycles. The van der Waals surface area contributed by atoms with E-state index in [0.29, 0.717) is 17.8 Å². The lowest BCUT2D eigenvalue weighted by Crippen LogP contribution is -2.16. The molecule has 1 rings (SSSR count). The average Bonchev–Trinajstić information content (AvgIpc) is 2.16. The first-order valence-corrected chi connectivity index (χ1v) is 5.12. The molecule has 0 unspecified atom stereocenters. The van der Waals surface area contributed by atoms with Crippen molar-refractivity contribution in [2.75, 3.05) is 11.9 Å². The van der Waals surface area contributed by atoms with Crippen LogP contribution in [0.25, 0.3) is 0 Å². The highest BCUT2D eigenvalue weighted by molar-refractivity contribution is 6.30. The van der Waals surface area contributed by atoms with E-state index < -0.39 is 12.6 Å². The Morgan fingerprint density at radius 2 is 2.06 bits per heavy atom. The quantitative estimate of drug-likeness (QED) is 0.838. The monoisotopic (exact) mass is 253 g/mol. The van der Waals surface area contributed by atoms with Gasteiger partial charge >= 0.3 is 6.18 Å². The number of rotatable bonds is 4. The third kappa shape index (κ3) is 3.84. The zero-order valence-electron chi connectivity index (χ0n) is 8.60. The van der Waals surface area contributed by atoms with Gasteiger partial charge in [-0.25, -0.2) is 9.97 Å². The fourth-order valence-electron chi connectivity index (χ4n) is 1.18. The minimum atomic E-state index is -4.17. The summed E-state index contributed by atoms with van der Waals surface area (Å²) >= 11 is 5.79. The van der Waals surface area contributed by atoms with Crippen molar-refractivity contribution in [3.8, 4) is 0 Å². The van der Waals surface area contributed by atoms with Crippen molar-refractivity contribution >= 4 is 17.4 Å². The van der Waals surface area contributed by atoms with E-state index in [-0.39, 0.29) is 11.7 Å². The molecule has 0 atom stereocenters. The summed E-state index contributed by atoms with van der Waals surface area (Å²) in [6, 6.07) is 0. The summed E-state index contributed by atoms with van der Waals surface area (Å²) in [7, 11) is 0. The topological polar surface area (TPSA) is 37.8 Å². The Morgan fingerprint density at radius 3 is 2.62 bits per heavy atom. The summed E-state index contributed by atoms with van der Waals surface area (Å²) < 4.78 is 35.8. The molecule has 7 heteroatoms. The molecule has 0 aliphatic rings. The predicted molar refractivity (Wildman–Crippen MR) is 55.6 cm³/mol. The van der Waals surface area contributed by atoms with Crippen LogP contribution in [0.2, 0.25) is 5.15 Å². The second-order valence-electron chi connectivity index (χ2n) is 3.14. The molecule has 1 aromatic heterocycles. The Balaban J connectivity index is 2.64. The number of anilines is 1. The molecule has 0 fully saturated rings. The van der Waals surface area contributed by atoms with Gasteiger partial charge < -0.3 is 5.32 Å². The van der Waals surface area contributed by atoms with E-state index in [9.17, 15) is 13.2 Å². The summed E-state index contributed by atoms with van der Waals surface area (Å²) in [5.74, 6) is 0.367. The van der Waals surface area contributed by atoms with E-state index in [0.717, 1.165) is 0 Å². The molecule has 0 saturated heterocycles. The van der Waals surface area contributed by atoms with Crippen LogP contribution < -0.4 is 5.32 Å². The highest BCUT2D eigenvalue weighted by Crippen LogP contribution is 2.22. The van der Waals surface area contributed by atoms with Gasteiger partial charge in [-0.15, -0.1) is 0 Å². The number of halogens is 4. The molecule has 1 aromatic rings. The molecule has 16 heavy (non-hydrogen) atoms. The van der Waals surface area contributed by atoms with Gasteiger partial charge in [-0.3, -0.25) is 0 Å². The summed E-state index contributed by atoms with van der Waals surface area (Å²) in [5, 5.41) is 2.88. The van der Waals surface area contributed by atoms with Crippen molar-refractivity contribution < 1.29 is 13.2 Å². The first kappa shape index (κ1) is 13.0. The number of aromatic nitrogens is 2. The fraction of sp³-hybridized carbons (Fsp3) is 0.556. The molecular formula is C9H11ClF3N3. The summed E-state index contributed by atoms with van der Waals surface area (Å²) in [5.41, 5.74) is 0.631. The predicted octanol–water partition coefficient (Wildman–Crippen LogP) is 3.06. The van der Waals surface area contributed by atoms with Crippen LogP contribution in [0.5, 0.6) is 0 Å². The molecule has 1 heterocycles. The average molecular weight is 254 g/mol. The van der Waals surface area contributed by atoms with E-state index in [1.54, 1.807) is 0 Å². The van der Waals surface area contributed by atoms with E-state index >= 15 is 0 Å². The second-order valence-corrected chi connectivity index (χ2v) is 3.50. The largest absolute Gasteiger partial charge is 0.390 e. The van der Waals surface area contributed by atoms with Gasteiger partial charge in [0.25, 0.3) is 0 Å². The van der Waals surface area contributed by atoms with Crippen LogP contribution in [0.1, 0.15) is 18.9 Å². The molecule has 0 bridgehead atoms. The molecule has 0 amide bonds. The summed E-state index contributed by atoms with van der Waals surface area (Å²) in [6.07, 6.45) is -3.29. The fourth-order valence-corrected chi connectivity index (χ4v) is 1.45. The Kier molecular flexibility index (Phi) is 4.35. The SMILES string of the molecule is CCc1c(Cl)ncnc1NCCC(F)(F)F. The Labute approximate surface area is 96.0 Å². The Morgan fingerprint density at radius 1 is 1.38 bits per heavy atom. The highest BCUT2D eigenvalue weighted by Gasteiger charge is 2.26. The summed E-state index contributed by atoms with van der Waals surface area (Å²) in [6.45, 7) is 1.61. The second kappa shape index (κ2) is 5.34. The molecule has 0 radical (unpaired) electrons. The lowest BCUT2D eigenvalue weighted by molar-refractivity contribution is -0.131. The highest BCUT2D eigenvalue weighted by atomic mass is 35.5. The lowest BCUT2D eigenvalue weighted by atomic mass is 10.2. The minimum absolute atomic E-state index is 0.218. The van der Waals surface area contributed by atoms with Crippen LogP contribution in [-0.2, 0) is 6.42 Å². The maximum absolute atomic E-state index is 11.9. The van der Waals surface area contributed by atoms with E-state index in [2.05, 4.69) is 15.3 Å². The van der Waals surface area contributed by atoms with Crippen LogP contribution >= 0.6 is 11.6 Å². The van der Waals surface area contributed by atoms with E-state index in [1.807, 2.05) is 6.92 Å². The van der Waals surface area contributed by atoms with Crippen LogP contribution in [0, 0.1) is 0 Å². The molecule has 0 aromatic carbocycles. The standard InChI is InChI=1S/C9H11ClF3N3/c1-2-6-7(10)15-5-16-8(6)14-4-3-9(11,12)13/h5H,2-4H2,1H3,(H,14,15,16). The zero-order chi connectivity index (χ0) is 12.2. The van der Waals surface area contributed by atoms with Gasteiger partial charge in [-0.1, -0.05) is 18.5 Å². The third-order valence-electron chi connectivity index (χ3n) is 1.95. The number of nitrogens with zero attached hydrogens (tertiary/aromatic N) is 2. The number of alkyl halides is 3. The van der Waals surface area contributed by atoms with Gasteiger partial charge in [0.1, 0.15) is 17.3 Å². The van der Waals surface area contributed by atoms with Crippen molar-refractivity contribution in [2.24, 2.45) is 0 Å². The van der Waals surface area contributed by atoms with Crippen LogP contribution in [0.15, 0.2) is 6.33 Å². The molecule has 90 valence electrons. The first-order chi connectivity index (χ1) is 7.44. The first-order valence-electron chi connectivity index (χ1n) is 4.74. The van der Waals surface area contributed by atoms with Gasteiger partial charge in [0, 0.05) is 12.1 Å². The molecule has 1 N–H and O–H groups in total. The van der Waals surface area contributed by atoms with Crippen LogP contribution in [-0.4, -0.2) is 22.7 Å². The number of hydrogen-bond acceptors (Lipinski definition) is 3. The van der Waals surface area contributed by atoms with Gasteiger partial charge in [-0.2, -0.15) is 13.2 Å². The van der Waals surface area contributed by atoms with Crippen molar-refractivity contribution in [1.82, 2.24) is 9.97 Å². The minimum Gasteiger partial charge on any atom is -0.369 e.